The largest absolute Gasteiger partial charge is 0.452 e. The number of benzene rings is 2. The van der Waals surface area contributed by atoms with E-state index >= 15 is 0 Å². The summed E-state index contributed by atoms with van der Waals surface area (Å²) in [4.78, 5) is 30.2. The fraction of sp³-hybridized carbons (Fsp3) is 0.292. The monoisotopic (exact) mass is 454 g/mol. The van der Waals surface area contributed by atoms with Crippen molar-refractivity contribution in [2.75, 3.05) is 18.2 Å². The molecule has 0 aliphatic rings. The third kappa shape index (κ3) is 5.31. The molecule has 1 N–H and O–H groups in total. The lowest BCUT2D eigenvalue weighted by atomic mass is 9.96. The number of nitrogens with one attached hydrogen (secondary N) is 1. The lowest BCUT2D eigenvalue weighted by Crippen LogP contribution is -2.22. The van der Waals surface area contributed by atoms with Gasteiger partial charge in [-0.1, -0.05) is 38.5 Å². The van der Waals surface area contributed by atoms with Crippen LogP contribution in [0.25, 0.3) is 10.9 Å². The number of pyridine rings is 1. The van der Waals surface area contributed by atoms with Crippen LogP contribution in [0.5, 0.6) is 0 Å². The van der Waals surface area contributed by atoms with Gasteiger partial charge in [0.15, 0.2) is 16.4 Å². The molecule has 0 aliphatic heterocycles. The van der Waals surface area contributed by atoms with Crippen LogP contribution in [-0.4, -0.2) is 38.1 Å². The summed E-state index contributed by atoms with van der Waals surface area (Å²) in [6.45, 7) is 3.56. The third-order valence-electron chi connectivity index (χ3n) is 5.02. The van der Waals surface area contributed by atoms with Gasteiger partial charge in [0.1, 0.15) is 0 Å². The minimum atomic E-state index is -3.32. The number of aromatic nitrogens is 1. The first kappa shape index (κ1) is 23.4. The van der Waals surface area contributed by atoms with E-state index in [1.807, 2.05) is 31.2 Å². The van der Waals surface area contributed by atoms with E-state index in [1.165, 1.54) is 24.3 Å². The quantitative estimate of drug-likeness (QED) is 0.517. The Kier molecular flexibility index (Phi) is 7.25. The van der Waals surface area contributed by atoms with Crippen molar-refractivity contribution in [2.24, 2.45) is 0 Å². The Bertz CT molecular complexity index is 1250. The molecule has 1 aromatic heterocycles. The minimum absolute atomic E-state index is 0.154. The van der Waals surface area contributed by atoms with E-state index in [2.05, 4.69) is 12.2 Å². The molecule has 168 valence electrons. The van der Waals surface area contributed by atoms with Crippen LogP contribution in [0.15, 0.2) is 53.4 Å². The Hall–Kier alpha value is -3.26. The van der Waals surface area contributed by atoms with Crippen LogP contribution in [0.1, 0.15) is 41.9 Å². The van der Waals surface area contributed by atoms with Gasteiger partial charge in [-0.25, -0.2) is 13.2 Å². The number of aryl methyl sites for hydroxylation is 1. The van der Waals surface area contributed by atoms with Gasteiger partial charge < -0.3 is 10.1 Å². The third-order valence-corrected chi connectivity index (χ3v) is 6.15. The number of carbonyl (C=O) groups is 2. The first-order valence-electron chi connectivity index (χ1n) is 10.4. The van der Waals surface area contributed by atoms with E-state index in [9.17, 15) is 18.0 Å². The summed E-state index contributed by atoms with van der Waals surface area (Å²) in [6, 6.07) is 13.2. The molecule has 8 heteroatoms. The van der Waals surface area contributed by atoms with Crippen LogP contribution in [0.3, 0.4) is 0 Å². The number of carbonyl (C=O) groups excluding carboxylic acids is 2. The average molecular weight is 455 g/mol. The number of hydrogen-bond acceptors (Lipinski definition) is 6. The summed E-state index contributed by atoms with van der Waals surface area (Å²) in [5, 5.41) is 3.30. The van der Waals surface area contributed by atoms with Crippen LogP contribution in [0.2, 0.25) is 0 Å². The predicted molar refractivity (Wildman–Crippen MR) is 124 cm³/mol. The molecule has 32 heavy (non-hydrogen) atoms. The Morgan fingerprint density at radius 3 is 2.34 bits per heavy atom. The van der Waals surface area contributed by atoms with Gasteiger partial charge in [-0.3, -0.25) is 9.78 Å². The number of rotatable bonds is 8. The van der Waals surface area contributed by atoms with Gasteiger partial charge in [-0.2, -0.15) is 0 Å². The molecule has 2 aromatic carbocycles. The molecule has 0 fully saturated rings. The molecule has 7 nitrogen and oxygen atoms in total. The lowest BCUT2D eigenvalue weighted by Gasteiger charge is -2.15. The van der Waals surface area contributed by atoms with Gasteiger partial charge in [0.25, 0.3) is 5.91 Å². The highest BCUT2D eigenvalue weighted by atomic mass is 32.2. The lowest BCUT2D eigenvalue weighted by molar-refractivity contribution is -0.119. The highest BCUT2D eigenvalue weighted by molar-refractivity contribution is 7.90. The number of sulfone groups is 1. The summed E-state index contributed by atoms with van der Waals surface area (Å²) in [7, 11) is -3.32. The maximum Gasteiger partial charge on any atom is 0.339 e. The highest BCUT2D eigenvalue weighted by Gasteiger charge is 2.21. The molecule has 0 bridgehead atoms. The second-order valence-electron chi connectivity index (χ2n) is 7.45. The van der Waals surface area contributed by atoms with E-state index in [0.29, 0.717) is 23.1 Å². The summed E-state index contributed by atoms with van der Waals surface area (Å²) < 4.78 is 28.4. The zero-order valence-corrected chi connectivity index (χ0v) is 19.2. The second kappa shape index (κ2) is 9.91. The number of para-hydroxylation sites is 1. The molecule has 1 heterocycles. The van der Waals surface area contributed by atoms with Crippen molar-refractivity contribution >= 4 is 38.3 Å². The topological polar surface area (TPSA) is 102 Å². The molecule has 0 aliphatic carbocycles. The van der Waals surface area contributed by atoms with Crippen molar-refractivity contribution in [3.63, 3.8) is 0 Å². The average Bonchev–Trinajstić information content (AvgIpc) is 2.76. The molecular formula is C24H26N2O5S. The van der Waals surface area contributed by atoms with Crippen LogP contribution >= 0.6 is 0 Å². The SMILES string of the molecule is CCCc1nc2ccccc2c(C(=O)OCC(=O)Nc2ccc(S(C)(=O)=O)cc2)c1CC. The van der Waals surface area contributed by atoms with E-state index in [-0.39, 0.29) is 4.90 Å². The first-order chi connectivity index (χ1) is 15.2. The molecule has 0 saturated carbocycles. The van der Waals surface area contributed by atoms with Crippen molar-refractivity contribution in [3.8, 4) is 0 Å². The number of amides is 1. The van der Waals surface area contributed by atoms with Crippen LogP contribution in [0, 0.1) is 0 Å². The standard InChI is InChI=1S/C24H26N2O5S/c1-4-8-20-18(5-2)23(19-9-6-7-10-21(19)26-20)24(28)31-15-22(27)25-16-11-13-17(14-12-16)32(3,29)30/h6-7,9-14H,4-5,8,15H2,1-3H3,(H,25,27). The molecule has 0 atom stereocenters. The molecule has 0 spiro atoms. The summed E-state index contributed by atoms with van der Waals surface area (Å²) in [6.07, 6.45) is 3.38. The van der Waals surface area contributed by atoms with Crippen molar-refractivity contribution in [2.45, 2.75) is 38.0 Å². The number of hydrogen-bond donors (Lipinski definition) is 1. The number of esters is 1. The van der Waals surface area contributed by atoms with Gasteiger partial charge in [-0.05, 0) is 48.7 Å². The second-order valence-corrected chi connectivity index (χ2v) is 9.47. The number of nitrogens with zero attached hydrogens (tertiary/aromatic N) is 1. The Labute approximate surface area is 187 Å². The van der Waals surface area contributed by atoms with Gasteiger partial charge >= 0.3 is 5.97 Å². The predicted octanol–water partition coefficient (Wildman–Crippen LogP) is 3.95. The smallest absolute Gasteiger partial charge is 0.339 e. The van der Waals surface area contributed by atoms with Gasteiger partial charge in [0, 0.05) is 23.0 Å². The highest BCUT2D eigenvalue weighted by Crippen LogP contribution is 2.26. The van der Waals surface area contributed by atoms with Crippen molar-refractivity contribution in [3.05, 3.63) is 65.4 Å². The van der Waals surface area contributed by atoms with Crippen LogP contribution < -0.4 is 5.32 Å². The fourth-order valence-corrected chi connectivity index (χ4v) is 4.18. The zero-order valence-electron chi connectivity index (χ0n) is 18.3. The molecule has 3 aromatic rings. The normalized spacial score (nSPS) is 11.3. The maximum atomic E-state index is 13.0. The Morgan fingerprint density at radius 1 is 1.03 bits per heavy atom. The van der Waals surface area contributed by atoms with Gasteiger partial charge in [0.2, 0.25) is 0 Å². The van der Waals surface area contributed by atoms with Crippen molar-refractivity contribution < 1.29 is 22.7 Å². The summed E-state index contributed by atoms with van der Waals surface area (Å²) in [5.74, 6) is -1.09. The molecular weight excluding hydrogens is 428 g/mol. The van der Waals surface area contributed by atoms with Gasteiger partial charge in [0.05, 0.1) is 16.0 Å². The molecule has 1 amide bonds. The molecule has 3 rings (SSSR count). The van der Waals surface area contributed by atoms with Crippen LogP contribution in [-0.2, 0) is 32.2 Å². The fourth-order valence-electron chi connectivity index (χ4n) is 3.55. The van der Waals surface area contributed by atoms with Gasteiger partial charge in [-0.15, -0.1) is 0 Å². The number of fused-ring (bicyclic) bond motifs is 1. The summed E-state index contributed by atoms with van der Waals surface area (Å²) in [5.41, 5.74) is 3.29. The Balaban J connectivity index is 1.77. The van der Waals surface area contributed by atoms with E-state index in [4.69, 9.17) is 9.72 Å². The molecule has 0 saturated heterocycles. The van der Waals surface area contributed by atoms with E-state index in [1.54, 1.807) is 0 Å². The summed E-state index contributed by atoms with van der Waals surface area (Å²) >= 11 is 0. The Morgan fingerprint density at radius 2 is 1.72 bits per heavy atom. The minimum Gasteiger partial charge on any atom is -0.452 e. The maximum absolute atomic E-state index is 13.0. The van der Waals surface area contributed by atoms with E-state index in [0.717, 1.165) is 35.9 Å². The molecule has 0 radical (unpaired) electrons. The van der Waals surface area contributed by atoms with Crippen molar-refractivity contribution in [1.29, 1.82) is 0 Å². The first-order valence-corrected chi connectivity index (χ1v) is 12.3. The van der Waals surface area contributed by atoms with E-state index < -0.39 is 28.3 Å². The zero-order chi connectivity index (χ0) is 23.3. The number of ether oxygens (including phenoxy) is 1. The molecule has 0 unspecified atom stereocenters. The number of anilines is 1. The van der Waals surface area contributed by atoms with Crippen LogP contribution in [0.4, 0.5) is 5.69 Å². The van der Waals surface area contributed by atoms with Crippen molar-refractivity contribution in [1.82, 2.24) is 4.98 Å².